The van der Waals surface area contributed by atoms with Crippen molar-refractivity contribution in [3.63, 3.8) is 0 Å². The summed E-state index contributed by atoms with van der Waals surface area (Å²) in [6.45, 7) is 4.92. The van der Waals surface area contributed by atoms with Gasteiger partial charge in [-0.15, -0.1) is 0 Å². The fourth-order valence-electron chi connectivity index (χ4n) is 1.57. The van der Waals surface area contributed by atoms with Crippen LogP contribution in [0.3, 0.4) is 0 Å². The van der Waals surface area contributed by atoms with Crippen LogP contribution in [-0.2, 0) is 14.4 Å². The first-order chi connectivity index (χ1) is 9.71. The molecule has 0 aliphatic carbocycles. The van der Waals surface area contributed by atoms with E-state index in [1.54, 1.807) is 51.1 Å². The van der Waals surface area contributed by atoms with Crippen molar-refractivity contribution in [2.24, 2.45) is 5.41 Å². The number of carbonyl (C=O) groups is 3. The first kappa shape index (κ1) is 16.7. The predicted molar refractivity (Wildman–Crippen MR) is 77.4 cm³/mol. The Morgan fingerprint density at radius 2 is 1.71 bits per heavy atom. The van der Waals surface area contributed by atoms with Crippen molar-refractivity contribution >= 4 is 17.8 Å². The summed E-state index contributed by atoms with van der Waals surface area (Å²) in [7, 11) is 0. The van der Waals surface area contributed by atoms with Gasteiger partial charge >= 0.3 is 5.97 Å². The third-order valence-corrected chi connectivity index (χ3v) is 2.78. The van der Waals surface area contributed by atoms with E-state index in [0.717, 1.165) is 0 Å². The van der Waals surface area contributed by atoms with E-state index in [1.165, 1.54) is 0 Å². The number of carbonyl (C=O) groups excluding carboxylic acids is 2. The molecule has 1 rings (SSSR count). The van der Waals surface area contributed by atoms with Crippen LogP contribution in [0.2, 0.25) is 0 Å². The van der Waals surface area contributed by atoms with Gasteiger partial charge in [-0.3, -0.25) is 9.59 Å². The molecule has 0 spiro atoms. The Bertz CT molecular complexity index is 520. The van der Waals surface area contributed by atoms with Gasteiger partial charge in [0.1, 0.15) is 0 Å². The zero-order valence-corrected chi connectivity index (χ0v) is 12.3. The summed E-state index contributed by atoms with van der Waals surface area (Å²) in [5.41, 5.74) is -0.133. The maximum absolute atomic E-state index is 11.8. The van der Waals surface area contributed by atoms with E-state index in [-0.39, 0.29) is 12.5 Å². The van der Waals surface area contributed by atoms with Crippen LogP contribution < -0.4 is 10.6 Å². The zero-order valence-electron chi connectivity index (χ0n) is 12.3. The Labute approximate surface area is 123 Å². The average molecular weight is 292 g/mol. The van der Waals surface area contributed by atoms with Gasteiger partial charge in [-0.1, -0.05) is 51.1 Å². The number of carboxylic acid groups (broad SMARTS) is 1. The van der Waals surface area contributed by atoms with E-state index in [0.29, 0.717) is 5.56 Å². The fraction of sp³-hybridized carbons (Fsp3) is 0.400. The van der Waals surface area contributed by atoms with Crippen LogP contribution in [-0.4, -0.2) is 29.4 Å². The van der Waals surface area contributed by atoms with Gasteiger partial charge in [-0.05, 0) is 5.56 Å². The molecule has 0 saturated heterocycles. The van der Waals surface area contributed by atoms with Gasteiger partial charge in [0.2, 0.25) is 11.8 Å². The van der Waals surface area contributed by atoms with Crippen molar-refractivity contribution in [3.05, 3.63) is 35.9 Å². The number of benzene rings is 1. The quantitative estimate of drug-likeness (QED) is 0.757. The average Bonchev–Trinajstić information content (AvgIpc) is 2.41. The molecule has 0 saturated carbocycles. The lowest BCUT2D eigenvalue weighted by Gasteiger charge is -2.19. The number of amides is 2. The lowest BCUT2D eigenvalue weighted by molar-refractivity contribution is -0.142. The highest BCUT2D eigenvalue weighted by molar-refractivity contribution is 5.89. The molecule has 21 heavy (non-hydrogen) atoms. The predicted octanol–water partition coefficient (Wildman–Crippen LogP) is 1.09. The Balaban J connectivity index is 2.63. The van der Waals surface area contributed by atoms with E-state index >= 15 is 0 Å². The molecule has 0 fully saturated rings. The molecule has 114 valence electrons. The maximum Gasteiger partial charge on any atom is 0.330 e. The molecule has 0 bridgehead atoms. The summed E-state index contributed by atoms with van der Waals surface area (Å²) in [5, 5.41) is 14.0. The van der Waals surface area contributed by atoms with Gasteiger partial charge in [-0.25, -0.2) is 4.79 Å². The lowest BCUT2D eigenvalue weighted by Crippen LogP contribution is -2.43. The highest BCUT2D eigenvalue weighted by atomic mass is 16.4. The van der Waals surface area contributed by atoms with Gasteiger partial charge in [0.05, 0.1) is 6.54 Å². The molecular weight excluding hydrogens is 272 g/mol. The van der Waals surface area contributed by atoms with Crippen LogP contribution in [0.5, 0.6) is 0 Å². The minimum Gasteiger partial charge on any atom is -0.479 e. The second-order valence-corrected chi connectivity index (χ2v) is 5.68. The van der Waals surface area contributed by atoms with Crippen molar-refractivity contribution in [1.82, 2.24) is 10.6 Å². The normalized spacial score (nSPS) is 12.3. The number of carboxylic acids is 1. The van der Waals surface area contributed by atoms with Crippen LogP contribution in [0.15, 0.2) is 30.3 Å². The van der Waals surface area contributed by atoms with Crippen LogP contribution in [0.1, 0.15) is 32.4 Å². The van der Waals surface area contributed by atoms with E-state index in [4.69, 9.17) is 0 Å². The van der Waals surface area contributed by atoms with Gasteiger partial charge < -0.3 is 15.7 Å². The van der Waals surface area contributed by atoms with Crippen LogP contribution in [0.4, 0.5) is 0 Å². The highest BCUT2D eigenvalue weighted by Crippen LogP contribution is 2.13. The molecule has 0 heterocycles. The number of hydrogen-bond acceptors (Lipinski definition) is 3. The second kappa shape index (κ2) is 6.88. The van der Waals surface area contributed by atoms with Crippen molar-refractivity contribution in [2.75, 3.05) is 6.54 Å². The lowest BCUT2D eigenvalue weighted by atomic mass is 9.96. The van der Waals surface area contributed by atoms with Crippen LogP contribution >= 0.6 is 0 Å². The smallest absolute Gasteiger partial charge is 0.330 e. The molecule has 1 atom stereocenters. The molecule has 3 N–H and O–H groups in total. The zero-order chi connectivity index (χ0) is 16.0. The van der Waals surface area contributed by atoms with Gasteiger partial charge in [0, 0.05) is 5.41 Å². The Hall–Kier alpha value is -2.37. The monoisotopic (exact) mass is 292 g/mol. The fourth-order valence-corrected chi connectivity index (χ4v) is 1.57. The molecule has 0 unspecified atom stereocenters. The van der Waals surface area contributed by atoms with Gasteiger partial charge in [0.25, 0.3) is 0 Å². The number of nitrogens with one attached hydrogen (secondary N) is 2. The van der Waals surface area contributed by atoms with E-state index in [9.17, 15) is 19.5 Å². The number of aliphatic carboxylic acids is 1. The Morgan fingerprint density at radius 1 is 1.14 bits per heavy atom. The topological polar surface area (TPSA) is 95.5 Å². The number of rotatable bonds is 5. The van der Waals surface area contributed by atoms with Crippen molar-refractivity contribution in [2.45, 2.75) is 26.8 Å². The first-order valence-corrected chi connectivity index (χ1v) is 6.57. The van der Waals surface area contributed by atoms with E-state index < -0.39 is 23.3 Å². The molecule has 0 aromatic heterocycles. The molecule has 1 aromatic carbocycles. The summed E-state index contributed by atoms with van der Waals surface area (Å²) in [6, 6.07) is 7.25. The Kier molecular flexibility index (Phi) is 5.46. The second-order valence-electron chi connectivity index (χ2n) is 5.68. The molecule has 6 heteroatoms. The largest absolute Gasteiger partial charge is 0.479 e. The summed E-state index contributed by atoms with van der Waals surface area (Å²) >= 11 is 0. The van der Waals surface area contributed by atoms with Crippen LogP contribution in [0, 0.1) is 5.41 Å². The van der Waals surface area contributed by atoms with Gasteiger partial charge in [0.15, 0.2) is 6.04 Å². The van der Waals surface area contributed by atoms with Crippen LogP contribution in [0.25, 0.3) is 0 Å². The summed E-state index contributed by atoms with van der Waals surface area (Å²) in [4.78, 5) is 34.7. The molecular formula is C15H20N2O4. The SMILES string of the molecule is CC(C)(C)C(=O)NCC(=O)N[C@H](C(=O)O)c1ccccc1. The van der Waals surface area contributed by atoms with E-state index in [2.05, 4.69) is 10.6 Å². The maximum atomic E-state index is 11.8. The molecule has 6 nitrogen and oxygen atoms in total. The van der Waals surface area contributed by atoms with Gasteiger partial charge in [-0.2, -0.15) is 0 Å². The van der Waals surface area contributed by atoms with E-state index in [1.807, 2.05) is 0 Å². The molecule has 0 aliphatic rings. The van der Waals surface area contributed by atoms with Crippen molar-refractivity contribution < 1.29 is 19.5 Å². The summed E-state index contributed by atoms with van der Waals surface area (Å²) in [6.07, 6.45) is 0. The standard InChI is InChI=1S/C15H20N2O4/c1-15(2,3)14(21)16-9-11(18)17-12(13(19)20)10-7-5-4-6-8-10/h4-8,12H,9H2,1-3H3,(H,16,21)(H,17,18)(H,19,20)/t12-/m0/s1. The highest BCUT2D eigenvalue weighted by Gasteiger charge is 2.24. The third kappa shape index (κ3) is 5.25. The number of hydrogen-bond donors (Lipinski definition) is 3. The minimum absolute atomic E-state index is 0.257. The first-order valence-electron chi connectivity index (χ1n) is 6.57. The molecule has 1 aromatic rings. The Morgan fingerprint density at radius 3 is 2.19 bits per heavy atom. The third-order valence-electron chi connectivity index (χ3n) is 2.78. The summed E-state index contributed by atoms with van der Waals surface area (Å²) in [5.74, 6) is -1.98. The molecule has 0 aliphatic heterocycles. The van der Waals surface area contributed by atoms with Crippen molar-refractivity contribution in [1.29, 1.82) is 0 Å². The summed E-state index contributed by atoms with van der Waals surface area (Å²) < 4.78 is 0. The minimum atomic E-state index is -1.16. The van der Waals surface area contributed by atoms with Crippen molar-refractivity contribution in [3.8, 4) is 0 Å². The molecule has 2 amide bonds. The molecule has 0 radical (unpaired) electrons.